The van der Waals surface area contributed by atoms with Crippen LogP contribution in [0, 0.1) is 0 Å². The first kappa shape index (κ1) is 8.80. The third-order valence-corrected chi connectivity index (χ3v) is 2.92. The number of furan rings is 1. The van der Waals surface area contributed by atoms with Crippen molar-refractivity contribution in [3.8, 4) is 0 Å². The van der Waals surface area contributed by atoms with E-state index in [0.29, 0.717) is 0 Å². The van der Waals surface area contributed by atoms with Crippen molar-refractivity contribution in [2.24, 2.45) is 0 Å². The fraction of sp³-hybridized carbons (Fsp3) is 0.333. The lowest BCUT2D eigenvalue weighted by molar-refractivity contribution is 0.487. The van der Waals surface area contributed by atoms with Gasteiger partial charge in [0.15, 0.2) is 0 Å². The molecule has 3 heteroatoms. The average Bonchev–Trinajstić information content (AvgIpc) is 2.89. The lowest BCUT2D eigenvalue weighted by Gasteiger charge is -2.18. The highest BCUT2D eigenvalue weighted by Gasteiger charge is 2.12. The van der Waals surface area contributed by atoms with E-state index < -0.39 is 0 Å². The molecule has 0 atom stereocenters. The molecule has 2 aromatic rings. The molecule has 3 nitrogen and oxygen atoms in total. The molecule has 0 spiro atoms. The molecule has 0 unspecified atom stereocenters. The maximum absolute atomic E-state index is 5.37. The van der Waals surface area contributed by atoms with Gasteiger partial charge >= 0.3 is 0 Å². The molecular formula is C12H14N2O. The van der Waals surface area contributed by atoms with E-state index in [4.69, 9.17) is 4.42 Å². The van der Waals surface area contributed by atoms with Crippen molar-refractivity contribution >= 4 is 0 Å². The lowest BCUT2D eigenvalue weighted by Crippen LogP contribution is -2.28. The highest BCUT2D eigenvalue weighted by atomic mass is 16.3. The summed E-state index contributed by atoms with van der Waals surface area (Å²) in [5.41, 5.74) is 2.73. The van der Waals surface area contributed by atoms with Gasteiger partial charge in [0.25, 0.3) is 0 Å². The minimum Gasteiger partial charge on any atom is -0.469 e. The van der Waals surface area contributed by atoms with Gasteiger partial charge in [0.05, 0.1) is 6.26 Å². The van der Waals surface area contributed by atoms with E-state index in [9.17, 15) is 0 Å². The zero-order chi connectivity index (χ0) is 10.1. The van der Waals surface area contributed by atoms with Crippen LogP contribution >= 0.6 is 0 Å². The van der Waals surface area contributed by atoms with Gasteiger partial charge in [-0.15, -0.1) is 0 Å². The molecule has 0 saturated carbocycles. The maximum atomic E-state index is 5.37. The van der Waals surface area contributed by atoms with Crippen LogP contribution in [-0.2, 0) is 19.5 Å². The molecular weight excluding hydrogens is 188 g/mol. The summed E-state index contributed by atoms with van der Waals surface area (Å²) in [4.78, 5) is 0. The Bertz CT molecular complexity index is 442. The molecule has 0 aromatic carbocycles. The molecule has 0 bridgehead atoms. The van der Waals surface area contributed by atoms with Gasteiger partial charge in [-0.2, -0.15) is 0 Å². The minimum absolute atomic E-state index is 0.896. The predicted octanol–water partition coefficient (Wildman–Crippen LogP) is 1.78. The predicted molar refractivity (Wildman–Crippen MR) is 57.7 cm³/mol. The summed E-state index contributed by atoms with van der Waals surface area (Å²) in [6, 6.07) is 8.37. The Balaban J connectivity index is 1.89. The van der Waals surface area contributed by atoms with Crippen molar-refractivity contribution in [2.45, 2.75) is 19.5 Å². The topological polar surface area (TPSA) is 30.1 Å². The summed E-state index contributed by atoms with van der Waals surface area (Å²) in [5, 5.41) is 3.37. The van der Waals surface area contributed by atoms with Crippen molar-refractivity contribution < 1.29 is 4.42 Å². The smallest absolute Gasteiger partial charge is 0.109 e. The van der Waals surface area contributed by atoms with Crippen LogP contribution in [0.25, 0.3) is 0 Å². The van der Waals surface area contributed by atoms with Crippen molar-refractivity contribution in [1.82, 2.24) is 9.88 Å². The zero-order valence-corrected chi connectivity index (χ0v) is 8.57. The van der Waals surface area contributed by atoms with Crippen molar-refractivity contribution in [3.63, 3.8) is 0 Å². The molecule has 0 aliphatic carbocycles. The molecule has 0 fully saturated rings. The van der Waals surface area contributed by atoms with Gasteiger partial charge < -0.3 is 14.3 Å². The first-order valence-corrected chi connectivity index (χ1v) is 5.34. The van der Waals surface area contributed by atoms with E-state index >= 15 is 0 Å². The third kappa shape index (κ3) is 1.59. The van der Waals surface area contributed by atoms with Crippen molar-refractivity contribution in [1.29, 1.82) is 0 Å². The quantitative estimate of drug-likeness (QED) is 0.804. The first-order chi connectivity index (χ1) is 7.43. The van der Waals surface area contributed by atoms with Crippen LogP contribution in [0.4, 0.5) is 0 Å². The molecule has 0 saturated heterocycles. The summed E-state index contributed by atoms with van der Waals surface area (Å²) in [6.07, 6.45) is 2.63. The molecule has 3 heterocycles. The summed E-state index contributed by atoms with van der Waals surface area (Å²) < 4.78 is 7.76. The number of rotatable bonds is 2. The Hall–Kier alpha value is -1.48. The van der Waals surface area contributed by atoms with Gasteiger partial charge in [-0.05, 0) is 24.3 Å². The van der Waals surface area contributed by atoms with Gasteiger partial charge in [-0.1, -0.05) is 0 Å². The highest BCUT2D eigenvalue weighted by molar-refractivity contribution is 5.21. The Morgan fingerprint density at radius 3 is 3.20 bits per heavy atom. The van der Waals surface area contributed by atoms with E-state index in [2.05, 4.69) is 22.0 Å². The molecule has 0 radical (unpaired) electrons. The van der Waals surface area contributed by atoms with E-state index in [1.54, 1.807) is 6.26 Å². The van der Waals surface area contributed by atoms with E-state index in [0.717, 1.165) is 31.8 Å². The summed E-state index contributed by atoms with van der Waals surface area (Å²) in [6.45, 7) is 3.11. The molecule has 1 N–H and O–H groups in total. The molecule has 1 aliphatic rings. The monoisotopic (exact) mass is 202 g/mol. The van der Waals surface area contributed by atoms with E-state index in [1.165, 1.54) is 11.4 Å². The van der Waals surface area contributed by atoms with Crippen LogP contribution in [0.2, 0.25) is 0 Å². The summed E-state index contributed by atoms with van der Waals surface area (Å²) >= 11 is 0. The first-order valence-electron chi connectivity index (χ1n) is 5.34. The molecule has 3 rings (SSSR count). The zero-order valence-electron chi connectivity index (χ0n) is 8.57. The second-order valence-electron chi connectivity index (χ2n) is 3.90. The second-order valence-corrected chi connectivity index (χ2v) is 3.90. The number of hydrogen-bond donors (Lipinski definition) is 1. The minimum atomic E-state index is 0.896. The fourth-order valence-corrected chi connectivity index (χ4v) is 2.15. The van der Waals surface area contributed by atoms with Crippen LogP contribution in [0.15, 0.2) is 34.9 Å². The van der Waals surface area contributed by atoms with Crippen molar-refractivity contribution in [2.75, 3.05) is 6.54 Å². The number of aromatic nitrogens is 1. The largest absolute Gasteiger partial charge is 0.469 e. The Morgan fingerprint density at radius 2 is 2.33 bits per heavy atom. The summed E-state index contributed by atoms with van der Waals surface area (Å²) in [5.74, 6) is 1.04. The van der Waals surface area contributed by atoms with Crippen LogP contribution < -0.4 is 5.32 Å². The van der Waals surface area contributed by atoms with Crippen LogP contribution in [0.1, 0.15) is 17.1 Å². The standard InChI is InChI=1S/C12H14N2O/c1-2-12(15-7-1)8-10-3-4-11-9-13-5-6-14(10)11/h1-4,7,13H,5-6,8-9H2. The molecule has 1 aliphatic heterocycles. The van der Waals surface area contributed by atoms with Crippen molar-refractivity contribution in [3.05, 3.63) is 47.7 Å². The van der Waals surface area contributed by atoms with E-state index in [-0.39, 0.29) is 0 Å². The van der Waals surface area contributed by atoms with Gasteiger partial charge in [0.2, 0.25) is 0 Å². The number of nitrogens with zero attached hydrogens (tertiary/aromatic N) is 1. The Morgan fingerprint density at radius 1 is 1.33 bits per heavy atom. The molecule has 78 valence electrons. The van der Waals surface area contributed by atoms with Crippen LogP contribution in [0.5, 0.6) is 0 Å². The van der Waals surface area contributed by atoms with Gasteiger partial charge in [0.1, 0.15) is 5.76 Å². The third-order valence-electron chi connectivity index (χ3n) is 2.92. The molecule has 15 heavy (non-hydrogen) atoms. The average molecular weight is 202 g/mol. The SMILES string of the molecule is c1coc(Cc2ccc3n2CCNC3)c1. The molecule has 0 amide bonds. The molecule has 2 aromatic heterocycles. The lowest BCUT2D eigenvalue weighted by atomic mass is 10.2. The Kier molecular flexibility index (Phi) is 2.10. The van der Waals surface area contributed by atoms with Gasteiger partial charge in [-0.3, -0.25) is 0 Å². The van der Waals surface area contributed by atoms with E-state index in [1.807, 2.05) is 12.1 Å². The highest BCUT2D eigenvalue weighted by Crippen LogP contribution is 2.16. The number of fused-ring (bicyclic) bond motifs is 1. The van der Waals surface area contributed by atoms with Gasteiger partial charge in [-0.25, -0.2) is 0 Å². The maximum Gasteiger partial charge on any atom is 0.109 e. The fourth-order valence-electron chi connectivity index (χ4n) is 2.15. The van der Waals surface area contributed by atoms with Gasteiger partial charge in [0, 0.05) is 37.4 Å². The number of hydrogen-bond acceptors (Lipinski definition) is 2. The Labute approximate surface area is 88.7 Å². The van der Waals surface area contributed by atoms with Crippen LogP contribution in [0.3, 0.4) is 0 Å². The summed E-state index contributed by atoms with van der Waals surface area (Å²) in [7, 11) is 0. The van der Waals surface area contributed by atoms with Crippen LogP contribution in [-0.4, -0.2) is 11.1 Å². The normalized spacial score (nSPS) is 15.2. The second kappa shape index (κ2) is 3.59. The number of nitrogens with one attached hydrogen (secondary N) is 1.